The van der Waals surface area contributed by atoms with Crippen LogP contribution in [0.3, 0.4) is 0 Å². The fourth-order valence-corrected chi connectivity index (χ4v) is 5.46. The van der Waals surface area contributed by atoms with Crippen LogP contribution in [-0.4, -0.2) is 20.4 Å². The van der Waals surface area contributed by atoms with Gasteiger partial charge < -0.3 is 4.90 Å². The van der Waals surface area contributed by atoms with E-state index in [1.54, 1.807) is 4.57 Å². The van der Waals surface area contributed by atoms with Crippen molar-refractivity contribution in [3.05, 3.63) is 106 Å². The monoisotopic (exact) mass is 537 g/mol. The lowest BCUT2D eigenvalue weighted by molar-refractivity contribution is -0.135. The number of para-hydroxylation sites is 1. The van der Waals surface area contributed by atoms with E-state index in [2.05, 4.69) is 26.0 Å². The number of amides is 1. The Balaban J connectivity index is 1.73. The zero-order valence-electron chi connectivity index (χ0n) is 24.3. The number of nitrogens with zero attached hydrogens (tertiary/aromatic N) is 3. The Kier molecular flexibility index (Phi) is 10.7. The Morgan fingerprint density at radius 1 is 0.850 bits per heavy atom. The second kappa shape index (κ2) is 14.6. The first-order chi connectivity index (χ1) is 19.5. The predicted octanol–water partition coefficient (Wildman–Crippen LogP) is 8.31. The molecule has 1 heterocycles. The van der Waals surface area contributed by atoms with Crippen molar-refractivity contribution < 1.29 is 4.79 Å². The van der Waals surface area contributed by atoms with E-state index in [4.69, 9.17) is 4.98 Å². The topological polar surface area (TPSA) is 55.2 Å². The van der Waals surface area contributed by atoms with Gasteiger partial charge in [-0.1, -0.05) is 107 Å². The summed E-state index contributed by atoms with van der Waals surface area (Å²) in [7, 11) is 0. The van der Waals surface area contributed by atoms with Crippen molar-refractivity contribution in [1.82, 2.24) is 14.5 Å². The van der Waals surface area contributed by atoms with Crippen LogP contribution in [0.25, 0.3) is 16.6 Å². The molecule has 1 aromatic heterocycles. The summed E-state index contributed by atoms with van der Waals surface area (Å²) in [5.41, 5.74) is 3.45. The molecule has 5 heteroatoms. The van der Waals surface area contributed by atoms with Gasteiger partial charge in [-0.3, -0.25) is 14.2 Å². The van der Waals surface area contributed by atoms with E-state index < -0.39 is 0 Å². The number of aryl methyl sites for hydroxylation is 1. The average Bonchev–Trinajstić information content (AvgIpc) is 2.97. The van der Waals surface area contributed by atoms with Gasteiger partial charge in [0.15, 0.2) is 0 Å². The second-order valence-electron chi connectivity index (χ2n) is 10.8. The maximum absolute atomic E-state index is 14.0. The molecule has 0 aliphatic rings. The summed E-state index contributed by atoms with van der Waals surface area (Å²) in [6, 6.07) is 25.2. The Morgan fingerprint density at radius 2 is 1.55 bits per heavy atom. The summed E-state index contributed by atoms with van der Waals surface area (Å²) >= 11 is 0. The van der Waals surface area contributed by atoms with Gasteiger partial charge in [0.2, 0.25) is 5.91 Å². The van der Waals surface area contributed by atoms with E-state index >= 15 is 0 Å². The van der Waals surface area contributed by atoms with Crippen molar-refractivity contribution in [1.29, 1.82) is 0 Å². The van der Waals surface area contributed by atoms with Crippen LogP contribution in [0.1, 0.15) is 94.6 Å². The van der Waals surface area contributed by atoms with Gasteiger partial charge in [0.1, 0.15) is 5.82 Å². The third-order valence-electron chi connectivity index (χ3n) is 7.63. The van der Waals surface area contributed by atoms with Crippen LogP contribution in [0, 0.1) is 6.92 Å². The number of fused-ring (bicyclic) bond motifs is 1. The van der Waals surface area contributed by atoms with E-state index in [-0.39, 0.29) is 17.5 Å². The third kappa shape index (κ3) is 7.26. The number of hydrogen-bond donors (Lipinski definition) is 0. The molecule has 1 unspecified atom stereocenters. The molecule has 0 fully saturated rings. The zero-order chi connectivity index (χ0) is 28.3. The van der Waals surface area contributed by atoms with E-state index in [0.717, 1.165) is 29.7 Å². The van der Waals surface area contributed by atoms with Crippen molar-refractivity contribution in [2.45, 2.75) is 91.1 Å². The van der Waals surface area contributed by atoms with Crippen LogP contribution in [0.15, 0.2) is 83.7 Å². The van der Waals surface area contributed by atoms with Gasteiger partial charge in [-0.25, -0.2) is 4.98 Å². The SMILES string of the molecule is CCCCCCCCCC(=O)N(Cc1ccccc1)C(CC)c1nc2ccccc2c(=O)n1-c1cccc(C)c1. The lowest BCUT2D eigenvalue weighted by Gasteiger charge is -2.33. The molecule has 5 nitrogen and oxygen atoms in total. The number of rotatable bonds is 14. The summed E-state index contributed by atoms with van der Waals surface area (Å²) in [4.78, 5) is 34.9. The quantitative estimate of drug-likeness (QED) is 0.152. The first kappa shape index (κ1) is 29.3. The molecule has 0 aliphatic heterocycles. The molecular formula is C35H43N3O2. The van der Waals surface area contributed by atoms with Gasteiger partial charge in [-0.15, -0.1) is 0 Å². The molecule has 40 heavy (non-hydrogen) atoms. The van der Waals surface area contributed by atoms with Gasteiger partial charge in [0.25, 0.3) is 5.56 Å². The van der Waals surface area contributed by atoms with Crippen LogP contribution in [0.5, 0.6) is 0 Å². The minimum absolute atomic E-state index is 0.108. The highest BCUT2D eigenvalue weighted by Crippen LogP contribution is 2.29. The molecular weight excluding hydrogens is 494 g/mol. The molecule has 0 spiro atoms. The molecule has 3 aromatic carbocycles. The van der Waals surface area contributed by atoms with Crippen LogP contribution < -0.4 is 5.56 Å². The molecule has 0 aliphatic carbocycles. The number of unbranched alkanes of at least 4 members (excludes halogenated alkanes) is 6. The second-order valence-corrected chi connectivity index (χ2v) is 10.8. The first-order valence-electron chi connectivity index (χ1n) is 15.0. The lowest BCUT2D eigenvalue weighted by Crippen LogP contribution is -2.38. The molecule has 0 radical (unpaired) electrons. The van der Waals surface area contributed by atoms with E-state index in [9.17, 15) is 9.59 Å². The lowest BCUT2D eigenvalue weighted by atomic mass is 10.0. The van der Waals surface area contributed by atoms with Crippen LogP contribution in [0.4, 0.5) is 0 Å². The molecule has 210 valence electrons. The number of carbonyl (C=O) groups is 1. The number of aromatic nitrogens is 2. The summed E-state index contributed by atoms with van der Waals surface area (Å²) in [6.45, 7) is 6.80. The molecule has 0 saturated heterocycles. The van der Waals surface area contributed by atoms with Crippen LogP contribution >= 0.6 is 0 Å². The fraction of sp³-hybridized carbons (Fsp3) is 0.400. The van der Waals surface area contributed by atoms with Crippen LogP contribution in [-0.2, 0) is 11.3 Å². The first-order valence-corrected chi connectivity index (χ1v) is 15.0. The van der Waals surface area contributed by atoms with Crippen molar-refractivity contribution in [3.63, 3.8) is 0 Å². The smallest absolute Gasteiger partial charge is 0.266 e. The van der Waals surface area contributed by atoms with Crippen LogP contribution in [0.2, 0.25) is 0 Å². The Hall–Kier alpha value is -3.73. The Morgan fingerprint density at radius 3 is 2.27 bits per heavy atom. The van der Waals surface area contributed by atoms with Crippen molar-refractivity contribution in [2.24, 2.45) is 0 Å². The molecule has 1 atom stereocenters. The van der Waals surface area contributed by atoms with Gasteiger partial charge >= 0.3 is 0 Å². The minimum Gasteiger partial charge on any atom is -0.328 e. The number of hydrogen-bond acceptors (Lipinski definition) is 3. The predicted molar refractivity (Wildman–Crippen MR) is 165 cm³/mol. The number of benzene rings is 3. The molecule has 0 saturated carbocycles. The summed E-state index contributed by atoms with van der Waals surface area (Å²) < 4.78 is 1.72. The highest BCUT2D eigenvalue weighted by Gasteiger charge is 2.29. The third-order valence-corrected chi connectivity index (χ3v) is 7.63. The Labute approximate surface area is 238 Å². The Bertz CT molecular complexity index is 1440. The maximum atomic E-state index is 14.0. The summed E-state index contributed by atoms with van der Waals surface area (Å²) in [6.07, 6.45) is 9.28. The minimum atomic E-state index is -0.352. The van der Waals surface area contributed by atoms with Gasteiger partial charge in [0, 0.05) is 13.0 Å². The largest absolute Gasteiger partial charge is 0.328 e. The highest BCUT2D eigenvalue weighted by atomic mass is 16.2. The fourth-order valence-electron chi connectivity index (χ4n) is 5.46. The zero-order valence-corrected chi connectivity index (χ0v) is 24.3. The molecule has 4 rings (SSSR count). The summed E-state index contributed by atoms with van der Waals surface area (Å²) in [5, 5.41) is 0.576. The molecule has 0 bridgehead atoms. The average molecular weight is 538 g/mol. The van der Waals surface area contributed by atoms with E-state index in [1.165, 1.54) is 32.1 Å². The summed E-state index contributed by atoms with van der Waals surface area (Å²) in [5.74, 6) is 0.725. The van der Waals surface area contributed by atoms with Crippen molar-refractivity contribution in [3.8, 4) is 5.69 Å². The van der Waals surface area contributed by atoms with Gasteiger partial charge in [0.05, 0.1) is 22.6 Å². The van der Waals surface area contributed by atoms with E-state index in [1.807, 2.05) is 78.6 Å². The van der Waals surface area contributed by atoms with E-state index in [0.29, 0.717) is 36.1 Å². The number of carbonyl (C=O) groups excluding carboxylic acids is 1. The van der Waals surface area contributed by atoms with Crippen molar-refractivity contribution >= 4 is 16.8 Å². The maximum Gasteiger partial charge on any atom is 0.266 e. The highest BCUT2D eigenvalue weighted by molar-refractivity contribution is 5.79. The van der Waals surface area contributed by atoms with Gasteiger partial charge in [-0.05, 0) is 55.2 Å². The molecule has 0 N–H and O–H groups in total. The standard InChI is InChI=1S/C35H43N3O2/c1-4-6-7-8-9-10-14-24-33(39)37(26-28-19-12-11-13-20-28)32(5-2)34-36-31-23-16-15-22-30(31)35(40)38(34)29-21-17-18-27(3)25-29/h11-13,15-23,25,32H,4-10,14,24,26H2,1-3H3. The molecule has 1 amide bonds. The normalized spacial score (nSPS) is 12.0. The molecule has 4 aromatic rings. The van der Waals surface area contributed by atoms with Crippen molar-refractivity contribution in [2.75, 3.05) is 0 Å². The van der Waals surface area contributed by atoms with Gasteiger partial charge in [-0.2, -0.15) is 0 Å².